The number of hydrogen-bond donors (Lipinski definition) is 1. The highest BCUT2D eigenvalue weighted by Gasteiger charge is 2.14. The third-order valence-electron chi connectivity index (χ3n) is 2.75. The average molecular weight is 211 g/mol. The molecule has 1 aromatic heterocycles. The van der Waals surface area contributed by atoms with E-state index >= 15 is 0 Å². The van der Waals surface area contributed by atoms with E-state index in [1.165, 1.54) is 12.0 Å². The average Bonchev–Trinajstić information content (AvgIpc) is 2.65. The van der Waals surface area contributed by atoms with Gasteiger partial charge in [-0.2, -0.15) is 11.3 Å². The first-order chi connectivity index (χ1) is 6.65. The van der Waals surface area contributed by atoms with Gasteiger partial charge in [-0.25, -0.2) is 0 Å². The lowest BCUT2D eigenvalue weighted by Crippen LogP contribution is -2.34. The van der Waals surface area contributed by atoms with E-state index in [4.69, 9.17) is 0 Å². The molecule has 0 saturated carbocycles. The zero-order chi connectivity index (χ0) is 10.6. The third-order valence-corrected chi connectivity index (χ3v) is 3.45. The summed E-state index contributed by atoms with van der Waals surface area (Å²) in [6.45, 7) is 9.05. The highest BCUT2D eigenvalue weighted by Crippen LogP contribution is 2.18. The van der Waals surface area contributed by atoms with Gasteiger partial charge in [0.25, 0.3) is 0 Å². The maximum atomic E-state index is 3.68. The van der Waals surface area contributed by atoms with Gasteiger partial charge < -0.3 is 5.32 Å². The second-order valence-electron chi connectivity index (χ2n) is 4.20. The van der Waals surface area contributed by atoms with E-state index in [2.05, 4.69) is 49.8 Å². The van der Waals surface area contributed by atoms with E-state index in [0.717, 1.165) is 0 Å². The van der Waals surface area contributed by atoms with Gasteiger partial charge in [-0.1, -0.05) is 20.8 Å². The van der Waals surface area contributed by atoms with Gasteiger partial charge in [-0.3, -0.25) is 0 Å². The van der Waals surface area contributed by atoms with Gasteiger partial charge in [0.05, 0.1) is 0 Å². The number of rotatable bonds is 5. The second-order valence-corrected chi connectivity index (χ2v) is 4.98. The van der Waals surface area contributed by atoms with Crippen molar-refractivity contribution >= 4 is 11.3 Å². The number of hydrogen-bond acceptors (Lipinski definition) is 2. The smallest absolute Gasteiger partial charge is 0.0302 e. The van der Waals surface area contributed by atoms with Gasteiger partial charge in [-0.15, -0.1) is 0 Å². The van der Waals surface area contributed by atoms with E-state index < -0.39 is 0 Å². The standard InChI is InChI=1S/C12H21NS/c1-5-12(9(2)3)13-10(4)11-6-7-14-8-11/h6-10,12-13H,5H2,1-4H3. The summed E-state index contributed by atoms with van der Waals surface area (Å²) in [6.07, 6.45) is 1.20. The minimum atomic E-state index is 0.480. The Morgan fingerprint density at radius 3 is 2.50 bits per heavy atom. The molecule has 1 N–H and O–H groups in total. The molecule has 2 atom stereocenters. The van der Waals surface area contributed by atoms with E-state index in [-0.39, 0.29) is 0 Å². The van der Waals surface area contributed by atoms with Crippen LogP contribution in [0.25, 0.3) is 0 Å². The van der Waals surface area contributed by atoms with Crippen molar-refractivity contribution < 1.29 is 0 Å². The van der Waals surface area contributed by atoms with Crippen LogP contribution in [0, 0.1) is 5.92 Å². The Bertz CT molecular complexity index is 241. The molecule has 1 heterocycles. The van der Waals surface area contributed by atoms with Gasteiger partial charge >= 0.3 is 0 Å². The summed E-state index contributed by atoms with van der Waals surface area (Å²) in [6, 6.07) is 3.31. The molecule has 0 fully saturated rings. The Morgan fingerprint density at radius 2 is 2.07 bits per heavy atom. The SMILES string of the molecule is CCC(NC(C)c1ccsc1)C(C)C. The van der Waals surface area contributed by atoms with Gasteiger partial charge in [0.2, 0.25) is 0 Å². The van der Waals surface area contributed by atoms with Crippen LogP contribution in [0.4, 0.5) is 0 Å². The summed E-state index contributed by atoms with van der Waals surface area (Å²) in [5, 5.41) is 8.04. The van der Waals surface area contributed by atoms with Crippen LogP contribution in [0.5, 0.6) is 0 Å². The first kappa shape index (κ1) is 11.7. The largest absolute Gasteiger partial charge is 0.307 e. The molecule has 1 rings (SSSR count). The maximum absolute atomic E-state index is 3.68. The highest BCUT2D eigenvalue weighted by molar-refractivity contribution is 7.07. The van der Waals surface area contributed by atoms with Crippen molar-refractivity contribution in [2.24, 2.45) is 5.92 Å². The van der Waals surface area contributed by atoms with Gasteiger partial charge in [0, 0.05) is 12.1 Å². The van der Waals surface area contributed by atoms with Crippen molar-refractivity contribution in [3.63, 3.8) is 0 Å². The van der Waals surface area contributed by atoms with Gasteiger partial charge in [0.15, 0.2) is 0 Å². The van der Waals surface area contributed by atoms with E-state index in [9.17, 15) is 0 Å². The molecule has 0 spiro atoms. The summed E-state index contributed by atoms with van der Waals surface area (Å²) < 4.78 is 0. The van der Waals surface area contributed by atoms with Crippen molar-refractivity contribution in [1.29, 1.82) is 0 Å². The van der Waals surface area contributed by atoms with E-state index in [0.29, 0.717) is 18.0 Å². The zero-order valence-electron chi connectivity index (χ0n) is 9.58. The second kappa shape index (κ2) is 5.52. The molecular formula is C12H21NS. The number of thiophene rings is 1. The molecule has 0 saturated heterocycles. The normalized spacial score (nSPS) is 15.8. The van der Waals surface area contributed by atoms with Crippen LogP contribution in [0.3, 0.4) is 0 Å². The van der Waals surface area contributed by atoms with Crippen molar-refractivity contribution in [3.8, 4) is 0 Å². The molecule has 0 radical (unpaired) electrons. The van der Waals surface area contributed by atoms with Crippen LogP contribution >= 0.6 is 11.3 Å². The topological polar surface area (TPSA) is 12.0 Å². The minimum Gasteiger partial charge on any atom is -0.307 e. The Morgan fingerprint density at radius 1 is 1.36 bits per heavy atom. The Hall–Kier alpha value is -0.340. The molecule has 0 aliphatic rings. The van der Waals surface area contributed by atoms with E-state index in [1.807, 2.05) is 0 Å². The lowest BCUT2D eigenvalue weighted by atomic mass is 10.00. The van der Waals surface area contributed by atoms with E-state index in [1.54, 1.807) is 11.3 Å². The molecule has 0 aliphatic carbocycles. The molecule has 0 aromatic carbocycles. The molecule has 0 bridgehead atoms. The fourth-order valence-corrected chi connectivity index (χ4v) is 2.47. The van der Waals surface area contributed by atoms with Crippen molar-refractivity contribution in [3.05, 3.63) is 22.4 Å². The van der Waals surface area contributed by atoms with Crippen LogP contribution in [0.2, 0.25) is 0 Å². The minimum absolute atomic E-state index is 0.480. The first-order valence-corrected chi connectivity index (χ1v) is 6.37. The quantitative estimate of drug-likeness (QED) is 0.780. The summed E-state index contributed by atoms with van der Waals surface area (Å²) in [4.78, 5) is 0. The molecule has 0 amide bonds. The molecule has 1 aromatic rings. The monoisotopic (exact) mass is 211 g/mol. The van der Waals surface area contributed by atoms with Crippen LogP contribution in [0.15, 0.2) is 16.8 Å². The summed E-state index contributed by atoms with van der Waals surface area (Å²) >= 11 is 1.77. The molecule has 2 heteroatoms. The summed E-state index contributed by atoms with van der Waals surface area (Å²) in [5.74, 6) is 0.709. The lowest BCUT2D eigenvalue weighted by Gasteiger charge is -2.25. The fourth-order valence-electron chi connectivity index (χ4n) is 1.72. The fraction of sp³-hybridized carbons (Fsp3) is 0.667. The van der Waals surface area contributed by atoms with Crippen molar-refractivity contribution in [2.75, 3.05) is 0 Å². The lowest BCUT2D eigenvalue weighted by molar-refractivity contribution is 0.356. The Kier molecular flexibility index (Phi) is 4.63. The zero-order valence-corrected chi connectivity index (χ0v) is 10.4. The number of nitrogens with one attached hydrogen (secondary N) is 1. The van der Waals surface area contributed by atoms with Crippen molar-refractivity contribution in [1.82, 2.24) is 5.32 Å². The summed E-state index contributed by atoms with van der Waals surface area (Å²) in [7, 11) is 0. The molecule has 1 nitrogen and oxygen atoms in total. The summed E-state index contributed by atoms with van der Waals surface area (Å²) in [5.41, 5.74) is 1.41. The highest BCUT2D eigenvalue weighted by atomic mass is 32.1. The molecule has 2 unspecified atom stereocenters. The maximum Gasteiger partial charge on any atom is 0.0302 e. The van der Waals surface area contributed by atoms with Crippen molar-refractivity contribution in [2.45, 2.75) is 46.2 Å². The first-order valence-electron chi connectivity index (χ1n) is 5.43. The Labute approximate surface area is 91.5 Å². The predicted octanol–water partition coefficient (Wildman–Crippen LogP) is 3.83. The predicted molar refractivity (Wildman–Crippen MR) is 64.8 cm³/mol. The van der Waals surface area contributed by atoms with Gasteiger partial charge in [-0.05, 0) is 41.7 Å². The molecule has 14 heavy (non-hydrogen) atoms. The molecule has 0 aliphatic heterocycles. The third kappa shape index (κ3) is 3.10. The van der Waals surface area contributed by atoms with Gasteiger partial charge in [0.1, 0.15) is 0 Å². The molecular weight excluding hydrogens is 190 g/mol. The van der Waals surface area contributed by atoms with Crippen LogP contribution < -0.4 is 5.32 Å². The van der Waals surface area contributed by atoms with Crippen LogP contribution in [-0.4, -0.2) is 6.04 Å². The Balaban J connectivity index is 2.51. The van der Waals surface area contributed by atoms with Crippen LogP contribution in [-0.2, 0) is 0 Å². The molecule has 80 valence electrons. The van der Waals surface area contributed by atoms with Crippen LogP contribution in [0.1, 0.15) is 45.7 Å².